The predicted molar refractivity (Wildman–Crippen MR) is 488 cm³/mol. The van der Waals surface area contributed by atoms with Crippen LogP contribution in [0.3, 0.4) is 0 Å². The number of carbonyl (C=O) groups excluding carboxylic acids is 5. The van der Waals surface area contributed by atoms with Crippen LogP contribution >= 0.6 is 0 Å². The summed E-state index contributed by atoms with van der Waals surface area (Å²) in [7, 11) is 2.93. The second-order valence-electron chi connectivity index (χ2n) is 22.3. The monoisotopic (exact) mass is 1570 g/mol. The van der Waals surface area contributed by atoms with E-state index in [1.165, 1.54) is 32.8 Å². The number of carboxylic acids is 1. The first-order valence-electron chi connectivity index (χ1n) is 62.3. The van der Waals surface area contributed by atoms with Gasteiger partial charge >= 0.3 is 36.1 Å². The van der Waals surface area contributed by atoms with Crippen molar-refractivity contribution in [2.45, 2.75) is 138 Å². The molecule has 2 amide bonds. The van der Waals surface area contributed by atoms with Gasteiger partial charge in [0.05, 0.1) is 0 Å². The Balaban J connectivity index is -0.0000000495. The van der Waals surface area contributed by atoms with Gasteiger partial charge in [-0.15, -0.1) is 12.8 Å². The molecule has 0 aliphatic rings. The van der Waals surface area contributed by atoms with E-state index in [4.69, 9.17) is 126 Å². The quantitative estimate of drug-likeness (QED) is 0.106. The molecule has 0 bridgehead atoms. The largest absolute Gasteiger partial charge is 0.479 e. The van der Waals surface area contributed by atoms with Gasteiger partial charge in [0.25, 0.3) is 0 Å². The van der Waals surface area contributed by atoms with Crippen molar-refractivity contribution < 1.29 is 148 Å². The third-order valence-corrected chi connectivity index (χ3v) is 10.3. The summed E-state index contributed by atoms with van der Waals surface area (Å²) in [6.45, 7) is 20.9. The lowest BCUT2D eigenvalue weighted by Crippen LogP contribution is -2.47. The zero-order chi connectivity index (χ0) is 144. The van der Waals surface area contributed by atoms with E-state index in [0.29, 0.717) is 12.8 Å². The van der Waals surface area contributed by atoms with E-state index >= 15 is 0 Å². The number of terminal acetylenes is 2. The lowest BCUT2D eigenvalue weighted by atomic mass is 10.0. The number of hydrogen-bond donors (Lipinski definition) is 1. The van der Waals surface area contributed by atoms with Crippen molar-refractivity contribution in [1.29, 1.82) is 0 Å². The average Bonchev–Trinajstić information content (AvgIpc) is 0.852. The number of esters is 3. The highest BCUT2D eigenvalue weighted by Crippen LogP contribution is 2.19. The normalized spacial score (nSPS) is 10.6. The molecule has 1 aromatic rings. The van der Waals surface area contributed by atoms with Gasteiger partial charge in [0.1, 0.15) is 31.3 Å². The minimum Gasteiger partial charge on any atom is -0.479 e. The molecule has 4 atom stereocenters. The van der Waals surface area contributed by atoms with Gasteiger partial charge < -0.3 is 28.8 Å². The van der Waals surface area contributed by atoms with Crippen LogP contribution in [-0.2, 0) is 49.5 Å². The Kier molecular flexibility index (Phi) is 30.4. The first kappa shape index (κ1) is 53.3. The minimum atomic E-state index is -1.27. The van der Waals surface area contributed by atoms with E-state index in [0.717, 1.165) is 10.5 Å². The molecule has 1 aromatic carbocycles. The molecule has 14 nitrogen and oxygen atoms in total. The number of aliphatic carboxylic acids is 1. The second kappa shape index (κ2) is 63.4. The van der Waals surface area contributed by atoms with E-state index in [9.17, 15) is 28.8 Å². The summed E-state index contributed by atoms with van der Waals surface area (Å²) in [5, 5.41) is 8.81. The third-order valence-electron chi connectivity index (χ3n) is 10.3. The lowest BCUT2D eigenvalue weighted by molar-refractivity contribution is -0.170. The number of rotatable bonds is 14. The van der Waals surface area contributed by atoms with Crippen molar-refractivity contribution in [3.05, 3.63) is 35.9 Å². The highest BCUT2D eigenvalue weighted by Gasteiger charge is 2.35. The summed E-state index contributed by atoms with van der Waals surface area (Å²) in [4.78, 5) is 74.7. The lowest BCUT2D eigenvalue weighted by Gasteiger charge is -2.30. The highest BCUT2D eigenvalue weighted by atomic mass is 16.6. The van der Waals surface area contributed by atoms with Crippen molar-refractivity contribution in [3.8, 4) is 356 Å². The highest BCUT2D eigenvalue weighted by molar-refractivity contribution is 5.85. The van der Waals surface area contributed by atoms with E-state index < -0.39 is 71.6 Å². The van der Waals surface area contributed by atoms with Gasteiger partial charge in [-0.2, -0.15) is 0 Å². The fourth-order valence-corrected chi connectivity index (χ4v) is 5.85. The van der Waals surface area contributed by atoms with Crippen LogP contribution in [-0.4, -0.2) is 101 Å². The van der Waals surface area contributed by atoms with Gasteiger partial charge in [-0.05, 0) is 180 Å². The molecule has 0 saturated carbocycles. The number of hydrogen-bond acceptors (Lipinski definition) is 11. The van der Waals surface area contributed by atoms with Crippen LogP contribution in [0, 0.1) is 368 Å². The molecular weight excluding hydrogens is 1390 g/mol. The first-order chi connectivity index (χ1) is 83.7. The third kappa shape index (κ3) is 62.0. The Labute approximate surface area is 749 Å². The van der Waals surface area contributed by atoms with Gasteiger partial charge in [-0.1, -0.05) is 58.0 Å². The summed E-state index contributed by atoms with van der Waals surface area (Å²) in [6, 6.07) is 7.46. The van der Waals surface area contributed by atoms with Crippen molar-refractivity contribution in [2.24, 2.45) is 11.8 Å². The zero-order valence-corrected chi connectivity index (χ0v) is 62.9. The molecule has 14 heteroatoms. The second-order valence-corrected chi connectivity index (χ2v) is 22.3. The fourth-order valence-electron chi connectivity index (χ4n) is 5.85. The van der Waals surface area contributed by atoms with Gasteiger partial charge in [-0.3, -0.25) is 9.80 Å². The number of ether oxygens (including phenoxy) is 5. The SMILES string of the molecule is CC(C)C[C@@H](C(=O)O[C@@H](C)C(=O)O)N(C)C(=O)OC(C)(C)C.CC(C)C[C@@H](C(=O)O[C@@H](C)C(=O)OCc1ccccc1)N(C)C(=O)OC(C)(C)C.[2H]C#CC#CC#CC#CC#CC#CC#CC#CC#CC#CC#CC#CC#CC#CC#CC#CC#CC#CC#CC#CC#CC#CC#CC#CC#CC#CC#CC#CC#CC#C.[2H][2H].[2H][2H].[2H][2H].[2H][2H].[2H][2H].[2H][2H].[2H][2H].[2H][2H].[2H][2H].[2H][2H].[2H][2H].[2H][2H].[2H][2H].[2H][2H].[2H][2H].[2H][2H].[2H][2H].[2H][2H].[2H][2H].[2H][2H].[2H][2H].[2H][2H].[2H][2H].[2H][2H].[2H][2H].[2H][2H].[2H][2H].[2H][2H].[2H][2H].[2H][2H]. The van der Waals surface area contributed by atoms with E-state index in [2.05, 4.69) is 343 Å². The molecule has 0 aromatic heterocycles. The van der Waals surface area contributed by atoms with E-state index in [-0.39, 0.29) is 18.4 Å². The molecule has 1 rings (SSSR count). The Bertz CT molecular complexity index is 5960. The molecule has 111 heavy (non-hydrogen) atoms. The average molecular weight is 1570 g/mol. The van der Waals surface area contributed by atoms with Gasteiger partial charge in [0, 0.05) is 352 Å². The van der Waals surface area contributed by atoms with Crippen molar-refractivity contribution in [3.63, 3.8) is 0 Å². The zero-order valence-electron chi connectivity index (χ0n) is 124. The first-order valence-corrected chi connectivity index (χ1v) is 31.8. The summed E-state index contributed by atoms with van der Waals surface area (Å²) in [5.74, 6) is 140. The Morgan fingerprint density at radius 1 is 0.378 bits per heavy atom. The summed E-state index contributed by atoms with van der Waals surface area (Å²) >= 11 is 0. The van der Waals surface area contributed by atoms with E-state index in [1.54, 1.807) is 41.5 Å². The maximum atomic E-state index is 12.7. The molecule has 0 aliphatic heterocycles. The summed E-state index contributed by atoms with van der Waals surface area (Å²) < 4.78 is 333. The van der Waals surface area contributed by atoms with Crippen LogP contribution in [0.2, 0.25) is 0 Å². The van der Waals surface area contributed by atoms with Crippen LogP contribution in [0.15, 0.2) is 30.3 Å². The van der Waals surface area contributed by atoms with Crippen LogP contribution in [0.25, 0.3) is 0 Å². The fraction of sp³-hybridized carbons (Fsp3) is 0.258. The molecule has 0 aliphatic carbocycles. The van der Waals surface area contributed by atoms with Gasteiger partial charge in [0.15, 0.2) is 12.2 Å². The number of nitrogens with zero attached hydrogens (tertiary/aromatic N) is 2. The maximum Gasteiger partial charge on any atom is 0.410 e. The number of likely N-dealkylation sites (N-methyl/N-ethyl adjacent to an activating group) is 2. The Hall–Kier alpha value is -17.6. The summed E-state index contributed by atoms with van der Waals surface area (Å²) in [5.41, 5.74) is -0.542. The van der Waals surface area contributed by atoms with Gasteiger partial charge in [0.2, 0.25) is 0 Å². The molecule has 0 spiro atoms. The predicted octanol–water partition coefficient (Wildman–Crippen LogP) is 14.0. The topological polar surface area (TPSA) is 175 Å². The molecule has 0 heterocycles. The number of benzene rings is 1. The summed E-state index contributed by atoms with van der Waals surface area (Å²) in [6.07, 6.45) is 3.90. The minimum absolute atomic E-state index is 0.0921. The van der Waals surface area contributed by atoms with Crippen molar-refractivity contribution in [1.82, 2.24) is 9.80 Å². The molecule has 1 N–H and O–H groups in total. The number of amides is 2. The molecule has 0 radical (unpaired) electrons. The molecule has 0 saturated heterocycles. The van der Waals surface area contributed by atoms with E-state index in [1.807, 2.05) is 64.4 Å². The van der Waals surface area contributed by atoms with Crippen molar-refractivity contribution >= 4 is 36.1 Å². The number of carbonyl (C=O) groups is 6. The standard InChI is InChI=1S/C60H2.C22H33NO6.C15H27NO6.30H2/c1-3-5-7-9-11-13-15-17-19-21-23-25-27-29-31-33-35-37-39-41-43-45-47-49-51-53-55-57-59-60-58-56-54-52-50-48-46-44-42-40-38-36-34-32-30-28-26-24-22-20-18-16-14-12-10-8-6-4-2;1-15(2)13-18(23(7)21(26)29-22(4,5)6)20(25)28-16(3)19(24)27-14-17-11-9-8-10-12-17;1-9(2)8-11(13(19)21-10(3)12(17)18)16(7)14(20)22-15(4,5)6;;;;;;;;;;;;;;;;;;;;;;;;;;;;;;/h1-2H;8-12,15-16,18H,13-14H2,1-7H3;9-11H,8H2,1-7H3,(H,17,18);30*1H/t;16-,18-;10-,11-;;;;;;;;;;;;;;;;;;;;;;;;;;;;;;/m.00............................../s1/i1D;;;30*1+1D. The Morgan fingerprint density at radius 2 is 0.595 bits per heavy atom. The Morgan fingerprint density at radius 3 is 0.793 bits per heavy atom. The molecule has 592 valence electrons. The molecule has 0 unspecified atom stereocenters. The van der Waals surface area contributed by atoms with Crippen LogP contribution in [0.1, 0.15) is 192 Å². The smallest absolute Gasteiger partial charge is 0.410 e. The maximum absolute atomic E-state index is 12.7. The van der Waals surface area contributed by atoms with Crippen LogP contribution in [0.5, 0.6) is 0 Å². The number of carboxylic acid groups (broad SMARTS) is 1. The molecule has 0 fully saturated rings. The molecular formula is C97H122N2O12. The van der Waals surface area contributed by atoms with Crippen molar-refractivity contribution in [2.75, 3.05) is 14.1 Å². The van der Waals surface area contributed by atoms with Crippen LogP contribution in [0.4, 0.5) is 9.59 Å². The van der Waals surface area contributed by atoms with Gasteiger partial charge in [-0.25, -0.2) is 28.8 Å². The van der Waals surface area contributed by atoms with Crippen LogP contribution < -0.4 is 0 Å².